The van der Waals surface area contributed by atoms with Gasteiger partial charge in [0.15, 0.2) is 23.1 Å². The zero-order valence-corrected chi connectivity index (χ0v) is 67.9. The second-order valence-corrected chi connectivity index (χ2v) is 30.7. The maximum Gasteiger partial charge on any atom is 0.231 e. The molecule has 112 heavy (non-hydrogen) atoms. The molecule has 4 unspecified atom stereocenters. The first-order valence-electron chi connectivity index (χ1n) is 42.2. The van der Waals surface area contributed by atoms with Crippen molar-refractivity contribution >= 4 is 115 Å². The number of fused-ring (bicyclic) bond motifs is 14. The average Bonchev–Trinajstić information content (AvgIpc) is 1.56. The highest BCUT2D eigenvalue weighted by Gasteiger charge is 2.44. The van der Waals surface area contributed by atoms with E-state index in [1.165, 1.54) is 38.5 Å². The molecule has 8 aromatic heterocycles. The number of hydrogen-bond donors (Lipinski definition) is 6. The van der Waals surface area contributed by atoms with E-state index in [9.17, 15) is 38.4 Å². The molecule has 18 rings (SSSR count). The number of nitrogens with one attached hydrogen (secondary N) is 6. The minimum Gasteiger partial charge on any atom is -0.323 e. The monoisotopic (exact) mass is 1540 g/mol. The number of aromatic nitrogens is 12. The number of amides is 4. The molecular weight excluding hydrogens is 1420 g/mol. The predicted octanol–water partition coefficient (Wildman–Crippen LogP) is 13.5. The summed E-state index contributed by atoms with van der Waals surface area (Å²) in [5.74, 6) is 1.76. The number of anilines is 4. The summed E-state index contributed by atoms with van der Waals surface area (Å²) in [5, 5.41) is 21.4. The van der Waals surface area contributed by atoms with E-state index in [1.807, 2.05) is 95.8 Å². The molecule has 2 saturated carbocycles. The van der Waals surface area contributed by atoms with Crippen LogP contribution in [0.15, 0.2) is 49.1 Å². The van der Waals surface area contributed by atoms with E-state index in [1.54, 1.807) is 24.8 Å². The third-order valence-corrected chi connectivity index (χ3v) is 23.5. The Kier molecular flexibility index (Phi) is 29.2. The first-order valence-corrected chi connectivity index (χ1v) is 42.2. The molecule has 0 radical (unpaired) electrons. The smallest absolute Gasteiger partial charge is 0.231 e. The van der Waals surface area contributed by atoms with Gasteiger partial charge in [0.1, 0.15) is 22.6 Å². The van der Waals surface area contributed by atoms with Crippen LogP contribution in [0.3, 0.4) is 0 Å². The third kappa shape index (κ3) is 18.9. The second-order valence-electron chi connectivity index (χ2n) is 30.7. The Hall–Kier alpha value is -9.12. The number of ketones is 4. The van der Waals surface area contributed by atoms with Crippen molar-refractivity contribution < 1.29 is 38.4 Å². The van der Waals surface area contributed by atoms with Gasteiger partial charge in [0.05, 0.1) is 46.4 Å². The van der Waals surface area contributed by atoms with Crippen molar-refractivity contribution in [2.75, 3.05) is 87.7 Å². The van der Waals surface area contributed by atoms with Crippen LogP contribution >= 0.6 is 0 Å². The van der Waals surface area contributed by atoms with Gasteiger partial charge in [0.25, 0.3) is 0 Å². The van der Waals surface area contributed by atoms with Gasteiger partial charge in [0.2, 0.25) is 47.4 Å². The van der Waals surface area contributed by atoms with Crippen LogP contribution in [-0.2, 0) is 43.3 Å². The molecule has 4 amide bonds. The van der Waals surface area contributed by atoms with Crippen molar-refractivity contribution in [1.82, 2.24) is 78.6 Å². The molecule has 6 fully saturated rings. The summed E-state index contributed by atoms with van der Waals surface area (Å²) in [6.07, 6.45) is 32.0. The summed E-state index contributed by atoms with van der Waals surface area (Å²) in [5.41, 5.74) is 5.93. The van der Waals surface area contributed by atoms with Crippen LogP contribution in [-0.4, -0.2) is 181 Å². The molecule has 4 atom stereocenters. The number of hydrogen-bond acceptors (Lipinski definition) is 20. The number of rotatable bonds is 8. The molecule has 8 aromatic rings. The molecule has 28 heteroatoms. The maximum absolute atomic E-state index is 12.7. The van der Waals surface area contributed by atoms with Gasteiger partial charge in [-0.15, -0.1) is 0 Å². The molecule has 0 bridgehead atoms. The van der Waals surface area contributed by atoms with Crippen LogP contribution in [0.2, 0.25) is 0 Å². The van der Waals surface area contributed by atoms with E-state index < -0.39 is 0 Å². The lowest BCUT2D eigenvalue weighted by atomic mass is 9.75. The molecule has 10 aliphatic rings. The maximum atomic E-state index is 12.7. The summed E-state index contributed by atoms with van der Waals surface area (Å²) in [6, 6.07) is 7.56. The molecule has 28 nitrogen and oxygen atoms in total. The van der Waals surface area contributed by atoms with Gasteiger partial charge in [-0.05, 0) is 167 Å². The van der Waals surface area contributed by atoms with Gasteiger partial charge in [-0.2, -0.15) is 19.9 Å². The highest BCUT2D eigenvalue weighted by atomic mass is 16.2. The number of carbonyl (C=O) groups excluding carboxylic acids is 8. The minimum atomic E-state index is -0.0435. The SMILES string of the molecule is CC.CC.CC.CC.CN1CCCC(C(=O)Nc2ncc3cc4n(c3n2)C2(CCCCC2)CCC4=O)C1.CN1CCCC(C(=O)Nc2ncc3cc4n(c3n2)CCCC4=O)C1.O=C1CCC2(CCCCC2)n2c1cc1cnc(NC(=O)C3CCCNC3)nc12.O=C1CCCn2c1cc1cnc(NC(=O)C3CCCNC3)nc12. The van der Waals surface area contributed by atoms with Gasteiger partial charge in [-0.3, -0.25) is 59.6 Å². The zero-order chi connectivity index (χ0) is 79.6. The highest BCUT2D eigenvalue weighted by Crippen LogP contribution is 2.47. The van der Waals surface area contributed by atoms with Crippen molar-refractivity contribution in [2.24, 2.45) is 23.7 Å². The molecule has 4 saturated heterocycles. The fourth-order valence-corrected chi connectivity index (χ4v) is 17.9. The van der Waals surface area contributed by atoms with Gasteiger partial charge in [0, 0.05) is 122 Å². The molecule has 6 N–H and O–H groups in total. The zero-order valence-electron chi connectivity index (χ0n) is 67.9. The van der Waals surface area contributed by atoms with Crippen LogP contribution in [0.1, 0.15) is 264 Å². The summed E-state index contributed by atoms with van der Waals surface area (Å²) < 4.78 is 8.25. The van der Waals surface area contributed by atoms with Crippen LogP contribution < -0.4 is 31.9 Å². The Morgan fingerprint density at radius 1 is 0.366 bits per heavy atom. The minimum absolute atomic E-state index is 0.00777. The Morgan fingerprint density at radius 2 is 0.679 bits per heavy atom. The number of aryl methyl sites for hydroxylation is 2. The van der Waals surface area contributed by atoms with Crippen LogP contribution in [0.4, 0.5) is 23.8 Å². The van der Waals surface area contributed by atoms with Crippen LogP contribution in [0, 0.1) is 23.7 Å². The average molecular weight is 1540 g/mol. The number of piperidine rings is 4. The topological polar surface area (TPSA) is 338 Å². The van der Waals surface area contributed by atoms with Gasteiger partial charge in [-0.25, -0.2) is 19.9 Å². The largest absolute Gasteiger partial charge is 0.323 e. The van der Waals surface area contributed by atoms with E-state index in [4.69, 9.17) is 9.97 Å². The first kappa shape index (κ1) is 83.8. The summed E-state index contributed by atoms with van der Waals surface area (Å²) >= 11 is 0. The number of likely N-dealkylation sites (tertiary alicyclic amines) is 2. The summed E-state index contributed by atoms with van der Waals surface area (Å²) in [7, 11) is 4.08. The molecule has 8 aliphatic heterocycles. The normalized spacial score (nSPS) is 21.7. The molecule has 2 spiro atoms. The Morgan fingerprint density at radius 3 is 1.02 bits per heavy atom. The van der Waals surface area contributed by atoms with E-state index >= 15 is 0 Å². The molecular formula is C84H120N20O8. The van der Waals surface area contributed by atoms with Gasteiger partial charge >= 0.3 is 0 Å². The molecule has 604 valence electrons. The van der Waals surface area contributed by atoms with Crippen molar-refractivity contribution in [1.29, 1.82) is 0 Å². The Bertz CT molecular complexity index is 4620. The number of carbonyl (C=O) groups is 8. The van der Waals surface area contributed by atoms with Crippen molar-refractivity contribution in [2.45, 2.75) is 246 Å². The molecule has 0 aromatic carbocycles. The van der Waals surface area contributed by atoms with E-state index in [0.717, 1.165) is 211 Å². The van der Waals surface area contributed by atoms with Gasteiger partial charge in [-0.1, -0.05) is 93.9 Å². The Balaban J connectivity index is 0.000000144. The van der Waals surface area contributed by atoms with Gasteiger partial charge < -0.3 is 38.7 Å². The van der Waals surface area contributed by atoms with Crippen molar-refractivity contribution in [3.05, 3.63) is 71.8 Å². The first-order chi connectivity index (χ1) is 54.6. The standard InChI is InChI=1S/C22H29N5O2.C21H27N5O2.C17H21N5O2.C16H19N5O2.4C2H6/c1-26-11-5-6-15(14-26)20(29)25-21-23-13-16-12-17-18(28)7-10-22(8-3-2-4-9-22)27(17)19(16)24-21;27-17-6-9-21(7-2-1-3-8-21)26-16(17)11-15-13-23-20(24-18(15)26)25-19(28)14-5-4-10-22-12-14;1-21-6-2-4-11(10-21)16(24)20-17-18-9-12-8-13-14(23)5-3-7-22(13)15(12)19-17;22-13-4-2-6-21-12(13)7-11-9-18-16(19-14(11)21)20-15(23)10-3-1-5-17-8-10;4*1-2/h12-13,15H,2-11,14H2,1H3,(H,23,24,25,29);11,13-14,22H,1-10,12H2,(H,23,24,25,28);8-9,11H,2-7,10H2,1H3,(H,18,19,20,24);7,9-10,17H,1-6,8H2,(H,18,19,20,23);4*1-2H3. The molecule has 16 heterocycles. The number of nitrogens with zero attached hydrogens (tertiary/aromatic N) is 14. The summed E-state index contributed by atoms with van der Waals surface area (Å²) in [6.45, 7) is 24.5. The lowest BCUT2D eigenvalue weighted by Crippen LogP contribution is -2.41. The van der Waals surface area contributed by atoms with Crippen LogP contribution in [0.25, 0.3) is 44.1 Å². The van der Waals surface area contributed by atoms with E-state index in [-0.39, 0.29) is 81.5 Å². The predicted molar refractivity (Wildman–Crippen MR) is 438 cm³/mol. The van der Waals surface area contributed by atoms with Crippen LogP contribution in [0.5, 0.6) is 0 Å². The third-order valence-electron chi connectivity index (χ3n) is 23.5. The fourth-order valence-electron chi connectivity index (χ4n) is 17.9. The lowest BCUT2D eigenvalue weighted by Gasteiger charge is -2.42. The van der Waals surface area contributed by atoms with E-state index in [2.05, 4.69) is 87.8 Å². The van der Waals surface area contributed by atoms with E-state index in [0.29, 0.717) is 74.0 Å². The quantitative estimate of drug-likeness (QED) is 0.0823. The molecule has 2 aliphatic carbocycles. The fraction of sp³-hybridized carbons (Fsp3) is 0.619. The lowest BCUT2D eigenvalue weighted by molar-refractivity contribution is -0.122. The summed E-state index contributed by atoms with van der Waals surface area (Å²) in [4.78, 5) is 139. The number of Topliss-reactive ketones (excluding diaryl/α,β-unsaturated/α-hetero) is 4. The van der Waals surface area contributed by atoms with Crippen molar-refractivity contribution in [3.8, 4) is 0 Å². The Labute approximate surface area is 658 Å². The highest BCUT2D eigenvalue weighted by molar-refractivity contribution is 6.04. The second kappa shape index (κ2) is 39.1. The van der Waals surface area contributed by atoms with Crippen molar-refractivity contribution in [3.63, 3.8) is 0 Å².